The normalized spacial score (nSPS) is 14.7. The maximum absolute atomic E-state index is 12.8. The van der Waals surface area contributed by atoms with Crippen molar-refractivity contribution in [2.24, 2.45) is 5.92 Å². The summed E-state index contributed by atoms with van der Waals surface area (Å²) in [5.74, 6) is -3.05. The van der Waals surface area contributed by atoms with Gasteiger partial charge in [-0.3, -0.25) is 4.79 Å². The molecule has 0 radical (unpaired) electrons. The zero-order chi connectivity index (χ0) is 15.9. The molecule has 118 valence electrons. The Morgan fingerprint density at radius 3 is 2.24 bits per heavy atom. The van der Waals surface area contributed by atoms with Gasteiger partial charge < -0.3 is 5.11 Å². The second kappa shape index (κ2) is 8.05. The number of hydrogen-bond acceptors (Lipinski definition) is 1. The van der Waals surface area contributed by atoms with Gasteiger partial charge in [0.2, 0.25) is 0 Å². The van der Waals surface area contributed by atoms with Crippen molar-refractivity contribution >= 4 is 5.97 Å². The highest BCUT2D eigenvalue weighted by atomic mass is 19.4. The van der Waals surface area contributed by atoms with E-state index < -0.39 is 24.0 Å². The average molecular weight is 302 g/mol. The molecule has 0 amide bonds. The lowest BCUT2D eigenvalue weighted by molar-refractivity contribution is -0.178. The number of hydrogen-bond donors (Lipinski definition) is 1. The molecule has 0 spiro atoms. The predicted molar refractivity (Wildman–Crippen MR) is 75.1 cm³/mol. The summed E-state index contributed by atoms with van der Waals surface area (Å²) in [6.45, 7) is 1.72. The smallest absolute Gasteiger partial charge is 0.391 e. The van der Waals surface area contributed by atoms with Gasteiger partial charge in [0.15, 0.2) is 0 Å². The number of aliphatic carboxylic acids is 1. The van der Waals surface area contributed by atoms with Crippen molar-refractivity contribution < 1.29 is 23.1 Å². The van der Waals surface area contributed by atoms with Gasteiger partial charge >= 0.3 is 12.1 Å². The number of rotatable bonds is 8. The first-order chi connectivity index (χ1) is 9.86. The molecule has 0 aliphatic heterocycles. The minimum Gasteiger partial charge on any atom is -0.481 e. The molecule has 0 saturated carbocycles. The van der Waals surface area contributed by atoms with Crippen molar-refractivity contribution in [1.82, 2.24) is 0 Å². The van der Waals surface area contributed by atoms with Gasteiger partial charge in [0.1, 0.15) is 0 Å². The summed E-state index contributed by atoms with van der Waals surface area (Å²) in [6.07, 6.45) is -3.13. The van der Waals surface area contributed by atoms with Crippen LogP contribution in [0, 0.1) is 5.92 Å². The maximum Gasteiger partial charge on any atom is 0.391 e. The van der Waals surface area contributed by atoms with E-state index >= 15 is 0 Å². The van der Waals surface area contributed by atoms with E-state index in [1.807, 2.05) is 0 Å². The summed E-state index contributed by atoms with van der Waals surface area (Å²) in [5, 5.41) is 9.23. The predicted octanol–water partition coefficient (Wildman–Crippen LogP) is 5.00. The van der Waals surface area contributed by atoms with Crippen LogP contribution in [0.4, 0.5) is 13.2 Å². The summed E-state index contributed by atoms with van der Waals surface area (Å²) in [5.41, 5.74) is 0.643. The minimum atomic E-state index is -4.19. The Balaban J connectivity index is 2.60. The number of carboxylic acid groups (broad SMARTS) is 1. The van der Waals surface area contributed by atoms with E-state index in [9.17, 15) is 23.1 Å². The molecule has 0 fully saturated rings. The van der Waals surface area contributed by atoms with Crippen molar-refractivity contribution in [3.8, 4) is 0 Å². The van der Waals surface area contributed by atoms with E-state index in [1.54, 1.807) is 37.3 Å². The molecule has 1 aromatic rings. The summed E-state index contributed by atoms with van der Waals surface area (Å²) >= 11 is 0. The van der Waals surface area contributed by atoms with Gasteiger partial charge in [0, 0.05) is 0 Å². The molecular weight excluding hydrogens is 281 g/mol. The first-order valence-electron chi connectivity index (χ1n) is 7.20. The first-order valence-corrected chi connectivity index (χ1v) is 7.20. The van der Waals surface area contributed by atoms with Crippen LogP contribution in [0.2, 0.25) is 0 Å². The van der Waals surface area contributed by atoms with Crippen LogP contribution < -0.4 is 0 Å². The molecule has 0 saturated heterocycles. The van der Waals surface area contributed by atoms with E-state index in [0.717, 1.165) is 0 Å². The molecule has 1 rings (SSSR count). The minimum absolute atomic E-state index is 0.00600. The lowest BCUT2D eigenvalue weighted by Crippen LogP contribution is -2.23. The lowest BCUT2D eigenvalue weighted by atomic mass is 9.90. The van der Waals surface area contributed by atoms with Gasteiger partial charge in [-0.25, -0.2) is 0 Å². The van der Waals surface area contributed by atoms with Crippen molar-refractivity contribution in [3.05, 3.63) is 35.9 Å². The summed E-state index contributed by atoms with van der Waals surface area (Å²) in [7, 11) is 0. The van der Waals surface area contributed by atoms with Crippen molar-refractivity contribution in [2.75, 3.05) is 0 Å². The summed E-state index contributed by atoms with van der Waals surface area (Å²) in [4.78, 5) is 11.3. The molecule has 21 heavy (non-hydrogen) atoms. The van der Waals surface area contributed by atoms with Crippen molar-refractivity contribution in [1.29, 1.82) is 0 Å². The first kappa shape index (κ1) is 17.5. The molecule has 1 N–H and O–H groups in total. The molecule has 0 heterocycles. The van der Waals surface area contributed by atoms with Crippen LogP contribution in [0.3, 0.4) is 0 Å². The fourth-order valence-electron chi connectivity index (χ4n) is 2.51. The van der Waals surface area contributed by atoms with Crippen LogP contribution in [-0.4, -0.2) is 17.3 Å². The van der Waals surface area contributed by atoms with Gasteiger partial charge in [-0.1, -0.05) is 50.1 Å². The highest BCUT2D eigenvalue weighted by Crippen LogP contribution is 2.34. The van der Waals surface area contributed by atoms with E-state index in [4.69, 9.17) is 0 Å². The van der Waals surface area contributed by atoms with Gasteiger partial charge in [0.25, 0.3) is 0 Å². The third-order valence-corrected chi connectivity index (χ3v) is 3.65. The Hall–Kier alpha value is -1.52. The van der Waals surface area contributed by atoms with E-state index in [2.05, 4.69) is 0 Å². The average Bonchev–Trinajstić information content (AvgIpc) is 2.41. The van der Waals surface area contributed by atoms with Crippen molar-refractivity contribution in [2.45, 2.75) is 51.1 Å². The van der Waals surface area contributed by atoms with Crippen LogP contribution in [0.5, 0.6) is 0 Å². The maximum atomic E-state index is 12.8. The number of halogens is 3. The zero-order valence-corrected chi connectivity index (χ0v) is 12.1. The third-order valence-electron chi connectivity index (χ3n) is 3.65. The van der Waals surface area contributed by atoms with Gasteiger partial charge in [-0.2, -0.15) is 13.2 Å². The summed E-state index contributed by atoms with van der Waals surface area (Å²) < 4.78 is 38.4. The zero-order valence-electron chi connectivity index (χ0n) is 12.1. The largest absolute Gasteiger partial charge is 0.481 e. The monoisotopic (exact) mass is 302 g/mol. The Bertz CT molecular complexity index is 429. The van der Waals surface area contributed by atoms with Gasteiger partial charge in [-0.05, 0) is 24.8 Å². The molecule has 1 aromatic carbocycles. The molecular formula is C16H21F3O2. The molecule has 2 nitrogen and oxygen atoms in total. The number of carboxylic acids is 1. The SMILES string of the molecule is CCCC(CCCC(C(=O)O)c1ccccc1)C(F)(F)F. The van der Waals surface area contributed by atoms with Gasteiger partial charge in [-0.15, -0.1) is 0 Å². The van der Waals surface area contributed by atoms with Crippen LogP contribution >= 0.6 is 0 Å². The number of carbonyl (C=O) groups is 1. The second-order valence-electron chi connectivity index (χ2n) is 5.26. The standard InChI is InChI=1S/C16H21F3O2/c1-2-7-13(16(17,18)19)10-6-11-14(15(20)21)12-8-4-3-5-9-12/h3-5,8-9,13-14H,2,6-7,10-11H2,1H3,(H,20,21). The molecule has 0 aliphatic carbocycles. The lowest BCUT2D eigenvalue weighted by Gasteiger charge is -2.20. The molecule has 0 aliphatic rings. The topological polar surface area (TPSA) is 37.3 Å². The summed E-state index contributed by atoms with van der Waals surface area (Å²) in [6, 6.07) is 8.66. The van der Waals surface area contributed by atoms with Crippen LogP contribution in [-0.2, 0) is 4.79 Å². The highest BCUT2D eigenvalue weighted by Gasteiger charge is 2.38. The fraction of sp³-hybridized carbons (Fsp3) is 0.562. The van der Waals surface area contributed by atoms with Gasteiger partial charge in [0.05, 0.1) is 11.8 Å². The highest BCUT2D eigenvalue weighted by molar-refractivity contribution is 5.75. The Morgan fingerprint density at radius 1 is 1.14 bits per heavy atom. The molecule has 2 atom stereocenters. The molecule has 0 bridgehead atoms. The number of alkyl halides is 3. The second-order valence-corrected chi connectivity index (χ2v) is 5.26. The quantitative estimate of drug-likeness (QED) is 0.733. The number of benzene rings is 1. The van der Waals surface area contributed by atoms with E-state index in [1.165, 1.54) is 0 Å². The Morgan fingerprint density at radius 2 is 1.76 bits per heavy atom. The van der Waals surface area contributed by atoms with Crippen LogP contribution in [0.1, 0.15) is 50.5 Å². The Kier molecular flexibility index (Phi) is 6.72. The fourth-order valence-corrected chi connectivity index (χ4v) is 2.51. The molecule has 0 aromatic heterocycles. The van der Waals surface area contributed by atoms with E-state index in [-0.39, 0.29) is 25.7 Å². The Labute approximate surface area is 123 Å². The van der Waals surface area contributed by atoms with Crippen LogP contribution in [0.25, 0.3) is 0 Å². The third kappa shape index (κ3) is 5.78. The van der Waals surface area contributed by atoms with Crippen LogP contribution in [0.15, 0.2) is 30.3 Å². The molecule has 2 unspecified atom stereocenters. The van der Waals surface area contributed by atoms with E-state index in [0.29, 0.717) is 12.0 Å². The molecule has 5 heteroatoms. The van der Waals surface area contributed by atoms with Crippen molar-refractivity contribution in [3.63, 3.8) is 0 Å².